The van der Waals surface area contributed by atoms with Gasteiger partial charge in [0.1, 0.15) is 18.4 Å². The number of benzene rings is 1. The second-order valence-electron chi connectivity index (χ2n) is 7.41. The number of ether oxygens (including phenoxy) is 2. The molecule has 1 aliphatic heterocycles. The molecule has 0 saturated carbocycles. The minimum atomic E-state index is -0.891. The van der Waals surface area contributed by atoms with E-state index in [0.29, 0.717) is 23.3 Å². The van der Waals surface area contributed by atoms with Crippen molar-refractivity contribution in [3.63, 3.8) is 0 Å². The quantitative estimate of drug-likeness (QED) is 0.455. The number of fused-ring (bicyclic) bond motifs is 1. The van der Waals surface area contributed by atoms with Crippen molar-refractivity contribution in [2.24, 2.45) is 0 Å². The van der Waals surface area contributed by atoms with Crippen LogP contribution in [0.4, 0.5) is 4.79 Å². The summed E-state index contributed by atoms with van der Waals surface area (Å²) in [6.45, 7) is 1.70. The van der Waals surface area contributed by atoms with E-state index in [0.717, 1.165) is 0 Å². The zero-order valence-corrected chi connectivity index (χ0v) is 18.4. The Morgan fingerprint density at radius 1 is 1.12 bits per heavy atom. The standard InChI is InChI=1S/C23H23N3O8/c1-2-31-21(28)19-14(24-22(29)25-20(19)17-9-6-12-32-17)13-33-18(27)10-5-11-26-15-7-3-4-8-16(15)34-23(26)30/h3-4,6-9,12,20H,2,5,10-11,13H2,1H3,(H2,24,25,29). The molecular weight excluding hydrogens is 446 g/mol. The number of rotatable bonds is 9. The lowest BCUT2D eigenvalue weighted by atomic mass is 10.0. The van der Waals surface area contributed by atoms with Crippen molar-refractivity contribution in [3.8, 4) is 0 Å². The highest BCUT2D eigenvalue weighted by molar-refractivity contribution is 5.95. The molecular formula is C23H23N3O8. The minimum Gasteiger partial charge on any atom is -0.467 e. The maximum Gasteiger partial charge on any atom is 0.419 e. The predicted molar refractivity (Wildman–Crippen MR) is 117 cm³/mol. The third kappa shape index (κ3) is 4.87. The number of furan rings is 1. The number of nitrogens with zero attached hydrogens (tertiary/aromatic N) is 1. The molecule has 11 heteroatoms. The van der Waals surface area contributed by atoms with Crippen LogP contribution in [-0.2, 0) is 25.6 Å². The van der Waals surface area contributed by atoms with E-state index >= 15 is 0 Å². The summed E-state index contributed by atoms with van der Waals surface area (Å²) < 4.78 is 22.4. The highest BCUT2D eigenvalue weighted by atomic mass is 16.5. The molecule has 11 nitrogen and oxygen atoms in total. The van der Waals surface area contributed by atoms with Gasteiger partial charge in [0.15, 0.2) is 5.58 Å². The Labute approximate surface area is 193 Å². The molecule has 1 aliphatic rings. The fourth-order valence-electron chi connectivity index (χ4n) is 3.68. The van der Waals surface area contributed by atoms with Crippen LogP contribution in [-0.4, -0.2) is 35.8 Å². The number of hydrogen-bond acceptors (Lipinski definition) is 8. The molecule has 0 spiro atoms. The second kappa shape index (κ2) is 10.1. The van der Waals surface area contributed by atoms with Crippen LogP contribution in [0.15, 0.2) is 67.6 Å². The number of amides is 2. The van der Waals surface area contributed by atoms with Crippen LogP contribution in [0.5, 0.6) is 0 Å². The normalized spacial score (nSPS) is 15.7. The van der Waals surface area contributed by atoms with Gasteiger partial charge in [-0.15, -0.1) is 0 Å². The number of urea groups is 1. The summed E-state index contributed by atoms with van der Waals surface area (Å²) in [5.41, 5.74) is 1.31. The summed E-state index contributed by atoms with van der Waals surface area (Å²) in [5, 5.41) is 5.12. The van der Waals surface area contributed by atoms with Crippen LogP contribution >= 0.6 is 0 Å². The molecule has 1 aromatic carbocycles. The summed E-state index contributed by atoms with van der Waals surface area (Å²) >= 11 is 0. The van der Waals surface area contributed by atoms with Gasteiger partial charge in [-0.1, -0.05) is 12.1 Å². The Morgan fingerprint density at radius 3 is 2.71 bits per heavy atom. The molecule has 34 heavy (non-hydrogen) atoms. The number of aromatic nitrogens is 1. The average Bonchev–Trinajstić information content (AvgIpc) is 3.45. The molecule has 2 N–H and O–H groups in total. The number of carbonyl (C=O) groups excluding carboxylic acids is 3. The third-order valence-corrected chi connectivity index (χ3v) is 5.19. The zero-order chi connectivity index (χ0) is 24.1. The first kappa shape index (κ1) is 22.9. The monoisotopic (exact) mass is 469 g/mol. The van der Waals surface area contributed by atoms with E-state index in [1.54, 1.807) is 43.3 Å². The van der Waals surface area contributed by atoms with Gasteiger partial charge in [-0.05, 0) is 37.6 Å². The zero-order valence-electron chi connectivity index (χ0n) is 18.4. The van der Waals surface area contributed by atoms with Gasteiger partial charge >= 0.3 is 23.7 Å². The molecule has 3 heterocycles. The van der Waals surface area contributed by atoms with Crippen LogP contribution in [0, 0.1) is 0 Å². The first-order valence-corrected chi connectivity index (χ1v) is 10.7. The molecule has 0 aliphatic carbocycles. The molecule has 0 saturated heterocycles. The fourth-order valence-corrected chi connectivity index (χ4v) is 3.68. The molecule has 3 aromatic rings. The number of hydrogen-bond donors (Lipinski definition) is 2. The maximum absolute atomic E-state index is 12.6. The van der Waals surface area contributed by atoms with Gasteiger partial charge in [0, 0.05) is 13.0 Å². The summed E-state index contributed by atoms with van der Waals surface area (Å²) in [6.07, 6.45) is 1.76. The van der Waals surface area contributed by atoms with Crippen molar-refractivity contribution in [1.82, 2.24) is 15.2 Å². The van der Waals surface area contributed by atoms with Gasteiger partial charge in [0.2, 0.25) is 0 Å². The summed E-state index contributed by atoms with van der Waals surface area (Å²) in [5.74, 6) is -1.40. The van der Waals surface area contributed by atoms with E-state index < -0.39 is 29.8 Å². The van der Waals surface area contributed by atoms with Gasteiger partial charge in [-0.2, -0.15) is 0 Å². The smallest absolute Gasteiger partial charge is 0.419 e. The van der Waals surface area contributed by atoms with E-state index in [4.69, 9.17) is 18.3 Å². The molecule has 0 fully saturated rings. The Bertz CT molecular complexity index is 1290. The topological polar surface area (TPSA) is 142 Å². The number of nitrogens with one attached hydrogen (secondary N) is 2. The van der Waals surface area contributed by atoms with Crippen LogP contribution < -0.4 is 16.4 Å². The van der Waals surface area contributed by atoms with Gasteiger partial charge in [-0.3, -0.25) is 9.36 Å². The highest BCUT2D eigenvalue weighted by Crippen LogP contribution is 2.28. The van der Waals surface area contributed by atoms with Crippen molar-refractivity contribution in [2.75, 3.05) is 13.2 Å². The number of para-hydroxylation sites is 2. The Balaban J connectivity index is 1.42. The van der Waals surface area contributed by atoms with E-state index in [2.05, 4.69) is 10.6 Å². The summed E-state index contributed by atoms with van der Waals surface area (Å²) in [6, 6.07) is 8.78. The van der Waals surface area contributed by atoms with E-state index in [1.165, 1.54) is 10.8 Å². The van der Waals surface area contributed by atoms with Crippen molar-refractivity contribution < 1.29 is 32.7 Å². The molecule has 2 aromatic heterocycles. The minimum absolute atomic E-state index is 0.0157. The lowest BCUT2D eigenvalue weighted by Crippen LogP contribution is -2.47. The molecule has 1 unspecified atom stereocenters. The Morgan fingerprint density at radius 2 is 1.94 bits per heavy atom. The van der Waals surface area contributed by atoms with Crippen molar-refractivity contribution >= 4 is 29.1 Å². The molecule has 2 amide bonds. The van der Waals surface area contributed by atoms with Crippen LogP contribution in [0.25, 0.3) is 11.1 Å². The summed E-state index contributed by atoms with van der Waals surface area (Å²) in [4.78, 5) is 49.1. The summed E-state index contributed by atoms with van der Waals surface area (Å²) in [7, 11) is 0. The number of aryl methyl sites for hydroxylation is 1. The van der Waals surface area contributed by atoms with E-state index in [9.17, 15) is 19.2 Å². The molecule has 0 bridgehead atoms. The van der Waals surface area contributed by atoms with Crippen LogP contribution in [0.3, 0.4) is 0 Å². The number of oxazole rings is 1. The average molecular weight is 469 g/mol. The lowest BCUT2D eigenvalue weighted by Gasteiger charge is -2.27. The Kier molecular flexibility index (Phi) is 6.81. The molecule has 4 rings (SSSR count). The number of carbonyl (C=O) groups is 3. The first-order valence-electron chi connectivity index (χ1n) is 10.7. The lowest BCUT2D eigenvalue weighted by molar-refractivity contribution is -0.144. The number of esters is 2. The molecule has 178 valence electrons. The first-order chi connectivity index (χ1) is 16.5. The van der Waals surface area contributed by atoms with Crippen molar-refractivity contribution in [3.05, 3.63) is 70.2 Å². The van der Waals surface area contributed by atoms with Crippen molar-refractivity contribution in [2.45, 2.75) is 32.4 Å². The van der Waals surface area contributed by atoms with Crippen LogP contribution in [0.2, 0.25) is 0 Å². The molecule has 1 atom stereocenters. The van der Waals surface area contributed by atoms with Gasteiger partial charge in [0.05, 0.1) is 29.7 Å². The van der Waals surface area contributed by atoms with Gasteiger partial charge in [0.25, 0.3) is 0 Å². The van der Waals surface area contributed by atoms with Crippen LogP contribution in [0.1, 0.15) is 31.6 Å². The predicted octanol–water partition coefficient (Wildman–Crippen LogP) is 2.38. The highest BCUT2D eigenvalue weighted by Gasteiger charge is 2.35. The molecule has 0 radical (unpaired) electrons. The van der Waals surface area contributed by atoms with E-state index in [1.807, 2.05) is 0 Å². The van der Waals surface area contributed by atoms with Gasteiger partial charge in [-0.25, -0.2) is 14.4 Å². The largest absolute Gasteiger partial charge is 0.467 e. The Hall–Kier alpha value is -4.28. The SMILES string of the molecule is CCOC(=O)C1=C(COC(=O)CCCn2c(=O)oc3ccccc32)NC(=O)NC1c1ccco1. The second-order valence-corrected chi connectivity index (χ2v) is 7.41. The van der Waals surface area contributed by atoms with Crippen molar-refractivity contribution in [1.29, 1.82) is 0 Å². The van der Waals surface area contributed by atoms with Gasteiger partial charge < -0.3 is 28.9 Å². The fraction of sp³-hybridized carbons (Fsp3) is 0.304. The third-order valence-electron chi connectivity index (χ3n) is 5.19. The van der Waals surface area contributed by atoms with E-state index in [-0.39, 0.29) is 37.4 Å². The maximum atomic E-state index is 12.6.